The van der Waals surface area contributed by atoms with Crippen LogP contribution in [-0.2, 0) is 10.0 Å². The second-order valence-electron chi connectivity index (χ2n) is 4.51. The maximum atomic E-state index is 11.8. The summed E-state index contributed by atoms with van der Waals surface area (Å²) >= 11 is 0. The van der Waals surface area contributed by atoms with E-state index in [9.17, 15) is 13.5 Å². The van der Waals surface area contributed by atoms with Crippen LogP contribution in [0.2, 0.25) is 0 Å². The Morgan fingerprint density at radius 1 is 1.24 bits per heavy atom. The summed E-state index contributed by atoms with van der Waals surface area (Å²) in [6.45, 7) is 0.147. The normalized spacial score (nSPS) is 13.6. The van der Waals surface area contributed by atoms with E-state index in [0.717, 1.165) is 11.0 Å². The smallest absolute Gasteiger partial charge is 0.233 e. The van der Waals surface area contributed by atoms with E-state index in [2.05, 4.69) is 4.72 Å². The number of aliphatic hydroxyl groups is 1. The summed E-state index contributed by atoms with van der Waals surface area (Å²) in [6, 6.07) is 10.8. The predicted molar refractivity (Wildman–Crippen MR) is 80.7 cm³/mol. The van der Waals surface area contributed by atoms with Crippen LogP contribution in [0.25, 0.3) is 6.08 Å². The molecule has 6 heteroatoms. The molecule has 0 aliphatic carbocycles. The third kappa shape index (κ3) is 5.18. The van der Waals surface area contributed by atoms with Crippen molar-refractivity contribution in [3.63, 3.8) is 0 Å². The van der Waals surface area contributed by atoms with Crippen LogP contribution in [0.15, 0.2) is 58.7 Å². The Labute approximate surface area is 124 Å². The van der Waals surface area contributed by atoms with Crippen molar-refractivity contribution < 1.29 is 17.9 Å². The number of hydrogen-bond acceptors (Lipinski definition) is 4. The number of hydrogen-bond donors (Lipinski definition) is 2. The third-order valence-electron chi connectivity index (χ3n) is 2.89. The van der Waals surface area contributed by atoms with Crippen molar-refractivity contribution in [1.82, 2.24) is 4.72 Å². The van der Waals surface area contributed by atoms with Crippen LogP contribution in [0, 0.1) is 0 Å². The maximum Gasteiger partial charge on any atom is 0.233 e. The molecule has 0 spiro atoms. The topological polar surface area (TPSA) is 79.5 Å². The molecule has 0 saturated carbocycles. The van der Waals surface area contributed by atoms with Crippen LogP contribution in [0.5, 0.6) is 0 Å². The van der Waals surface area contributed by atoms with Gasteiger partial charge in [0.25, 0.3) is 0 Å². The van der Waals surface area contributed by atoms with Crippen molar-refractivity contribution in [2.75, 3.05) is 6.54 Å². The van der Waals surface area contributed by atoms with Gasteiger partial charge in [-0.15, -0.1) is 0 Å². The van der Waals surface area contributed by atoms with Gasteiger partial charge in [-0.1, -0.05) is 30.3 Å². The first-order chi connectivity index (χ1) is 10.1. The van der Waals surface area contributed by atoms with E-state index in [1.165, 1.54) is 18.6 Å². The SMILES string of the molecule is O=S(=O)(/C=C/c1ccccc1)NCC[C@@H](O)c1ccoc1. The molecule has 0 aliphatic rings. The number of rotatable bonds is 7. The van der Waals surface area contributed by atoms with E-state index < -0.39 is 16.1 Å². The van der Waals surface area contributed by atoms with Crippen LogP contribution >= 0.6 is 0 Å². The van der Waals surface area contributed by atoms with Gasteiger partial charge in [0.2, 0.25) is 10.0 Å². The van der Waals surface area contributed by atoms with Gasteiger partial charge in [-0.05, 0) is 24.1 Å². The highest BCUT2D eigenvalue weighted by Gasteiger charge is 2.10. The lowest BCUT2D eigenvalue weighted by atomic mass is 10.1. The van der Waals surface area contributed by atoms with Crippen molar-refractivity contribution in [3.8, 4) is 0 Å². The maximum absolute atomic E-state index is 11.8. The van der Waals surface area contributed by atoms with Gasteiger partial charge >= 0.3 is 0 Å². The van der Waals surface area contributed by atoms with Crippen molar-refractivity contribution in [3.05, 3.63) is 65.5 Å². The quantitative estimate of drug-likeness (QED) is 0.822. The lowest BCUT2D eigenvalue weighted by Crippen LogP contribution is -2.23. The molecule has 112 valence electrons. The predicted octanol–water partition coefficient (Wildman–Crippen LogP) is 2.29. The second kappa shape index (κ2) is 7.21. The summed E-state index contributed by atoms with van der Waals surface area (Å²) in [5.74, 6) is 0. The first-order valence-corrected chi connectivity index (χ1v) is 8.04. The number of nitrogens with one attached hydrogen (secondary N) is 1. The summed E-state index contributed by atoms with van der Waals surface area (Å²) in [4.78, 5) is 0. The molecule has 0 saturated heterocycles. The van der Waals surface area contributed by atoms with Gasteiger partial charge in [0.15, 0.2) is 0 Å². The Morgan fingerprint density at radius 3 is 2.67 bits per heavy atom. The van der Waals surface area contributed by atoms with Gasteiger partial charge in [-0.3, -0.25) is 0 Å². The largest absolute Gasteiger partial charge is 0.472 e. The Kier molecular flexibility index (Phi) is 5.32. The van der Waals surface area contributed by atoms with Gasteiger partial charge in [-0.2, -0.15) is 0 Å². The molecule has 21 heavy (non-hydrogen) atoms. The van der Waals surface area contributed by atoms with Crippen LogP contribution in [0.3, 0.4) is 0 Å². The minimum Gasteiger partial charge on any atom is -0.472 e. The Balaban J connectivity index is 1.83. The fourth-order valence-corrected chi connectivity index (χ4v) is 2.58. The molecule has 1 atom stereocenters. The molecule has 1 aromatic heterocycles. The van der Waals surface area contributed by atoms with Gasteiger partial charge in [0.1, 0.15) is 0 Å². The molecule has 2 aromatic rings. The molecular formula is C15H17NO4S. The molecule has 0 bridgehead atoms. The van der Waals surface area contributed by atoms with Gasteiger partial charge in [0.05, 0.1) is 18.6 Å². The minimum absolute atomic E-state index is 0.147. The molecule has 2 rings (SSSR count). The minimum atomic E-state index is -3.51. The van der Waals surface area contributed by atoms with Crippen LogP contribution in [0.1, 0.15) is 23.7 Å². The summed E-state index contributed by atoms with van der Waals surface area (Å²) in [5.41, 5.74) is 1.44. The number of aliphatic hydroxyl groups excluding tert-OH is 1. The standard InChI is InChI=1S/C15H17NO4S/c17-15(14-7-10-20-12-14)6-9-16-21(18,19)11-8-13-4-2-1-3-5-13/h1-5,7-8,10-12,15-17H,6,9H2/b11-8+/t15-/m1/s1. The second-order valence-corrected chi connectivity index (χ2v) is 6.16. The zero-order valence-electron chi connectivity index (χ0n) is 11.3. The highest BCUT2D eigenvalue weighted by molar-refractivity contribution is 7.92. The summed E-state index contributed by atoms with van der Waals surface area (Å²) in [7, 11) is -3.51. The van der Waals surface area contributed by atoms with E-state index in [1.807, 2.05) is 30.3 Å². The van der Waals surface area contributed by atoms with Crippen molar-refractivity contribution >= 4 is 16.1 Å². The van der Waals surface area contributed by atoms with E-state index in [0.29, 0.717) is 5.56 Å². The number of furan rings is 1. The first kappa shape index (κ1) is 15.5. The Morgan fingerprint density at radius 2 is 2.00 bits per heavy atom. The average molecular weight is 307 g/mol. The molecule has 0 amide bonds. The monoisotopic (exact) mass is 307 g/mol. The molecule has 0 fully saturated rings. The third-order valence-corrected chi connectivity index (χ3v) is 3.99. The van der Waals surface area contributed by atoms with Crippen LogP contribution < -0.4 is 4.72 Å². The van der Waals surface area contributed by atoms with E-state index >= 15 is 0 Å². The molecule has 2 N–H and O–H groups in total. The molecule has 0 radical (unpaired) electrons. The van der Waals surface area contributed by atoms with E-state index in [-0.39, 0.29) is 13.0 Å². The van der Waals surface area contributed by atoms with E-state index in [1.54, 1.807) is 6.07 Å². The summed E-state index contributed by atoms with van der Waals surface area (Å²) in [5, 5.41) is 10.9. The van der Waals surface area contributed by atoms with Gasteiger partial charge in [0, 0.05) is 17.5 Å². The highest BCUT2D eigenvalue weighted by Crippen LogP contribution is 2.16. The molecule has 0 unspecified atom stereocenters. The van der Waals surface area contributed by atoms with Gasteiger partial charge < -0.3 is 9.52 Å². The number of sulfonamides is 1. The average Bonchev–Trinajstić information content (AvgIpc) is 3.00. The van der Waals surface area contributed by atoms with E-state index in [4.69, 9.17) is 4.42 Å². The van der Waals surface area contributed by atoms with Crippen LogP contribution in [-0.4, -0.2) is 20.1 Å². The zero-order valence-corrected chi connectivity index (χ0v) is 12.2. The fourth-order valence-electron chi connectivity index (χ4n) is 1.75. The summed E-state index contributed by atoms with van der Waals surface area (Å²) < 4.78 is 30.8. The number of benzene rings is 1. The Hall–Kier alpha value is -1.89. The highest BCUT2D eigenvalue weighted by atomic mass is 32.2. The van der Waals surface area contributed by atoms with Crippen LogP contribution in [0.4, 0.5) is 0 Å². The van der Waals surface area contributed by atoms with Gasteiger partial charge in [-0.25, -0.2) is 13.1 Å². The molecule has 1 aromatic carbocycles. The summed E-state index contributed by atoms with van der Waals surface area (Å²) in [6.07, 6.45) is 3.96. The zero-order chi connectivity index (χ0) is 15.1. The molecule has 1 heterocycles. The molecular weight excluding hydrogens is 290 g/mol. The molecule has 0 aliphatic heterocycles. The van der Waals surface area contributed by atoms with Crippen molar-refractivity contribution in [2.24, 2.45) is 0 Å². The lowest BCUT2D eigenvalue weighted by Gasteiger charge is -2.08. The molecule has 5 nitrogen and oxygen atoms in total. The lowest BCUT2D eigenvalue weighted by molar-refractivity contribution is 0.168. The Bertz CT molecular complexity index is 663. The van der Waals surface area contributed by atoms with Crippen molar-refractivity contribution in [2.45, 2.75) is 12.5 Å². The first-order valence-electron chi connectivity index (χ1n) is 6.50. The fraction of sp³-hybridized carbons (Fsp3) is 0.200. The van der Waals surface area contributed by atoms with Crippen molar-refractivity contribution in [1.29, 1.82) is 0 Å².